The second-order valence-corrected chi connectivity index (χ2v) is 8.17. The SMILES string of the molecule is Cn1ncc(F)c1-c1cc(OC2CN(C(=O)N3N=CC[C@H]3c3cc(F)cc(C#N)c3)C2)c(F)cn1. The Hall–Kier alpha value is -4.40. The van der Waals surface area contributed by atoms with Gasteiger partial charge in [-0.25, -0.2) is 23.0 Å². The van der Waals surface area contributed by atoms with Crippen molar-refractivity contribution in [2.24, 2.45) is 12.1 Å². The van der Waals surface area contributed by atoms with Crippen molar-refractivity contribution in [1.29, 1.82) is 5.26 Å². The van der Waals surface area contributed by atoms with Gasteiger partial charge in [-0.3, -0.25) is 9.67 Å². The standard InChI is InChI=1S/C23H18F3N7O2/c1-31-22(18(26)10-30-31)19-7-21(17(25)9-28-19)35-16-11-32(12-16)23(34)33-20(2-3-29-33)14-4-13(8-27)5-15(24)6-14/h3-7,9-10,16,20H,2,11-12H2,1H3/t20-/m0/s1. The van der Waals surface area contributed by atoms with Gasteiger partial charge >= 0.3 is 6.03 Å². The summed E-state index contributed by atoms with van der Waals surface area (Å²) >= 11 is 0. The second-order valence-electron chi connectivity index (χ2n) is 8.17. The van der Waals surface area contributed by atoms with Crippen molar-refractivity contribution in [3.05, 3.63) is 65.2 Å². The van der Waals surface area contributed by atoms with E-state index >= 15 is 0 Å². The number of nitrogens with zero attached hydrogens (tertiary/aromatic N) is 7. The summed E-state index contributed by atoms with van der Waals surface area (Å²) in [6.45, 7) is 0.336. The van der Waals surface area contributed by atoms with E-state index in [-0.39, 0.29) is 35.8 Å². The van der Waals surface area contributed by atoms with Crippen molar-refractivity contribution < 1.29 is 22.7 Å². The van der Waals surface area contributed by atoms with Gasteiger partial charge in [-0.05, 0) is 23.8 Å². The number of pyridine rings is 1. The summed E-state index contributed by atoms with van der Waals surface area (Å²) in [5.74, 6) is -2.00. The van der Waals surface area contributed by atoms with Crippen LogP contribution in [0.1, 0.15) is 23.6 Å². The van der Waals surface area contributed by atoms with Crippen LogP contribution in [0, 0.1) is 28.8 Å². The van der Waals surface area contributed by atoms with Crippen molar-refractivity contribution in [3.8, 4) is 23.2 Å². The maximum atomic E-state index is 14.3. The summed E-state index contributed by atoms with van der Waals surface area (Å²) in [5, 5.41) is 18.3. The van der Waals surface area contributed by atoms with E-state index in [4.69, 9.17) is 10.00 Å². The number of aromatic nitrogens is 3. The number of benzene rings is 1. The number of urea groups is 1. The number of nitriles is 1. The molecular weight excluding hydrogens is 463 g/mol. The van der Waals surface area contributed by atoms with Crippen LogP contribution < -0.4 is 4.74 Å². The van der Waals surface area contributed by atoms with Crippen LogP contribution >= 0.6 is 0 Å². The predicted molar refractivity (Wildman–Crippen MR) is 117 cm³/mol. The fraction of sp³-hybridized carbons (Fsp3) is 0.261. The molecule has 178 valence electrons. The lowest BCUT2D eigenvalue weighted by Gasteiger charge is -2.41. The van der Waals surface area contributed by atoms with Gasteiger partial charge in [-0.2, -0.15) is 15.5 Å². The van der Waals surface area contributed by atoms with Crippen LogP contribution in [0.5, 0.6) is 5.75 Å². The molecule has 2 aliphatic heterocycles. The zero-order valence-corrected chi connectivity index (χ0v) is 18.4. The Labute approximate surface area is 197 Å². The molecule has 1 fully saturated rings. The number of halogens is 3. The highest BCUT2D eigenvalue weighted by molar-refractivity contribution is 5.79. The molecular formula is C23H18F3N7O2. The Kier molecular flexibility index (Phi) is 5.60. The normalized spacial score (nSPS) is 17.4. The molecule has 12 heteroatoms. The Morgan fingerprint density at radius 2 is 1.94 bits per heavy atom. The van der Waals surface area contributed by atoms with Crippen molar-refractivity contribution in [1.82, 2.24) is 24.7 Å². The summed E-state index contributed by atoms with van der Waals surface area (Å²) in [6, 6.07) is 6.15. The van der Waals surface area contributed by atoms with Crippen LogP contribution in [-0.2, 0) is 7.05 Å². The first-order chi connectivity index (χ1) is 16.8. The molecule has 0 saturated carbocycles. The van der Waals surface area contributed by atoms with Gasteiger partial charge in [0.15, 0.2) is 17.4 Å². The van der Waals surface area contributed by atoms with Crippen molar-refractivity contribution >= 4 is 12.2 Å². The van der Waals surface area contributed by atoms with Gasteiger partial charge in [0.1, 0.15) is 17.6 Å². The van der Waals surface area contributed by atoms with Crippen LogP contribution in [0.3, 0.4) is 0 Å². The number of hydrogen-bond acceptors (Lipinski definition) is 6. The molecule has 0 unspecified atom stereocenters. The van der Waals surface area contributed by atoms with E-state index in [0.717, 1.165) is 18.5 Å². The second kappa shape index (κ2) is 8.75. The predicted octanol–water partition coefficient (Wildman–Crippen LogP) is 3.39. The zero-order chi connectivity index (χ0) is 24.7. The first-order valence-corrected chi connectivity index (χ1v) is 10.6. The zero-order valence-electron chi connectivity index (χ0n) is 18.4. The number of amides is 2. The van der Waals surface area contributed by atoms with Crippen LogP contribution in [0.15, 0.2) is 41.8 Å². The topological polar surface area (TPSA) is 99.6 Å². The van der Waals surface area contributed by atoms with E-state index in [1.54, 1.807) is 13.3 Å². The van der Waals surface area contributed by atoms with E-state index in [0.29, 0.717) is 12.0 Å². The quantitative estimate of drug-likeness (QED) is 0.569. The fourth-order valence-electron chi connectivity index (χ4n) is 4.08. The first kappa shape index (κ1) is 22.4. The van der Waals surface area contributed by atoms with Gasteiger partial charge in [-0.1, -0.05) is 0 Å². The number of carbonyl (C=O) groups excluding carboxylic acids is 1. The van der Waals surface area contributed by atoms with E-state index in [2.05, 4.69) is 15.2 Å². The van der Waals surface area contributed by atoms with Gasteiger partial charge < -0.3 is 9.64 Å². The molecule has 4 heterocycles. The number of rotatable bonds is 4. The highest BCUT2D eigenvalue weighted by Crippen LogP contribution is 2.32. The lowest BCUT2D eigenvalue weighted by Crippen LogP contribution is -2.58. The molecule has 1 saturated heterocycles. The van der Waals surface area contributed by atoms with E-state index in [1.165, 1.54) is 32.8 Å². The Balaban J connectivity index is 1.25. The van der Waals surface area contributed by atoms with Crippen LogP contribution in [0.4, 0.5) is 18.0 Å². The molecule has 2 aliphatic rings. The third-order valence-corrected chi connectivity index (χ3v) is 5.83. The van der Waals surface area contributed by atoms with Gasteiger partial charge in [0.25, 0.3) is 0 Å². The smallest absolute Gasteiger partial charge is 0.341 e. The van der Waals surface area contributed by atoms with Gasteiger partial charge in [0, 0.05) is 25.7 Å². The van der Waals surface area contributed by atoms with Crippen molar-refractivity contribution in [3.63, 3.8) is 0 Å². The largest absolute Gasteiger partial charge is 0.483 e. The minimum Gasteiger partial charge on any atom is -0.483 e. The van der Waals surface area contributed by atoms with Gasteiger partial charge in [0.05, 0.1) is 48.9 Å². The number of likely N-dealkylation sites (tertiary alicyclic amines) is 1. The van der Waals surface area contributed by atoms with E-state index in [1.807, 2.05) is 6.07 Å². The molecule has 0 bridgehead atoms. The van der Waals surface area contributed by atoms with Crippen LogP contribution in [0.2, 0.25) is 0 Å². The molecule has 0 spiro atoms. The molecule has 1 aromatic carbocycles. The minimum atomic E-state index is -0.718. The van der Waals surface area contributed by atoms with Crippen molar-refractivity contribution in [2.45, 2.75) is 18.6 Å². The lowest BCUT2D eigenvalue weighted by atomic mass is 10.0. The highest BCUT2D eigenvalue weighted by Gasteiger charge is 2.39. The van der Waals surface area contributed by atoms with E-state index in [9.17, 15) is 18.0 Å². The third kappa shape index (κ3) is 4.16. The molecule has 35 heavy (non-hydrogen) atoms. The summed E-state index contributed by atoms with van der Waals surface area (Å²) in [7, 11) is 1.54. The maximum absolute atomic E-state index is 14.3. The van der Waals surface area contributed by atoms with Crippen LogP contribution in [0.25, 0.3) is 11.4 Å². The molecule has 2 aromatic heterocycles. The number of hydrogen-bond donors (Lipinski definition) is 0. The summed E-state index contributed by atoms with van der Waals surface area (Å²) < 4.78 is 49.2. The Morgan fingerprint density at radius 3 is 2.66 bits per heavy atom. The molecule has 5 rings (SSSR count). The summed E-state index contributed by atoms with van der Waals surface area (Å²) in [4.78, 5) is 18.4. The third-order valence-electron chi connectivity index (χ3n) is 5.83. The highest BCUT2D eigenvalue weighted by atomic mass is 19.1. The molecule has 0 N–H and O–H groups in total. The van der Waals surface area contributed by atoms with Crippen molar-refractivity contribution in [2.75, 3.05) is 13.1 Å². The number of aryl methyl sites for hydroxylation is 1. The van der Waals surface area contributed by atoms with Gasteiger partial charge in [0.2, 0.25) is 0 Å². The molecule has 0 radical (unpaired) electrons. The minimum absolute atomic E-state index is 0.0927. The first-order valence-electron chi connectivity index (χ1n) is 10.6. The molecule has 3 aromatic rings. The molecule has 9 nitrogen and oxygen atoms in total. The fourth-order valence-corrected chi connectivity index (χ4v) is 4.08. The lowest BCUT2D eigenvalue weighted by molar-refractivity contribution is 0.0257. The molecule has 2 amide bonds. The number of hydrazone groups is 1. The molecule has 0 aliphatic carbocycles. The molecule has 1 atom stereocenters. The van der Waals surface area contributed by atoms with Gasteiger partial charge in [-0.15, -0.1) is 0 Å². The number of carbonyl (C=O) groups is 1. The Bertz CT molecular complexity index is 1360. The summed E-state index contributed by atoms with van der Waals surface area (Å²) in [5.41, 5.74) is 0.873. The average Bonchev–Trinajstić information content (AvgIpc) is 3.43. The van der Waals surface area contributed by atoms with Crippen LogP contribution in [-0.4, -0.2) is 56.1 Å². The monoisotopic (exact) mass is 481 g/mol. The Morgan fingerprint density at radius 1 is 1.14 bits per heavy atom. The maximum Gasteiger partial charge on any atom is 0.341 e. The van der Waals surface area contributed by atoms with E-state index < -0.39 is 35.6 Å². The summed E-state index contributed by atoms with van der Waals surface area (Å²) in [6.07, 6.45) is 3.42. The average molecular weight is 481 g/mol. The number of ether oxygens (including phenoxy) is 1.